The Hall–Kier alpha value is -3.72. The van der Waals surface area contributed by atoms with Gasteiger partial charge in [-0.05, 0) is 29.8 Å². The topological polar surface area (TPSA) is 117 Å². The van der Waals surface area contributed by atoms with Gasteiger partial charge in [0.2, 0.25) is 5.90 Å². The highest BCUT2D eigenvalue weighted by molar-refractivity contribution is 6.34. The molecular formula is C19H13ClN2O7. The molecule has 2 aromatic rings. The minimum atomic E-state index is -0.733. The van der Waals surface area contributed by atoms with Gasteiger partial charge < -0.3 is 14.2 Å². The van der Waals surface area contributed by atoms with E-state index in [0.717, 1.165) is 0 Å². The van der Waals surface area contributed by atoms with Gasteiger partial charge in [-0.15, -0.1) is 0 Å². The van der Waals surface area contributed by atoms with Crippen LogP contribution in [0.4, 0.5) is 5.69 Å². The van der Waals surface area contributed by atoms with Crippen molar-refractivity contribution in [3.63, 3.8) is 0 Å². The number of halogens is 1. The van der Waals surface area contributed by atoms with Crippen molar-refractivity contribution in [2.24, 2.45) is 4.99 Å². The fourth-order valence-corrected chi connectivity index (χ4v) is 2.57. The highest BCUT2D eigenvalue weighted by atomic mass is 35.5. The van der Waals surface area contributed by atoms with Gasteiger partial charge in [-0.3, -0.25) is 10.1 Å². The number of carbonyl (C=O) groups excluding carboxylic acids is 2. The van der Waals surface area contributed by atoms with Crippen LogP contribution in [0.5, 0.6) is 5.75 Å². The van der Waals surface area contributed by atoms with E-state index in [1.165, 1.54) is 31.4 Å². The number of esters is 2. The van der Waals surface area contributed by atoms with Crippen LogP contribution in [-0.4, -0.2) is 36.5 Å². The van der Waals surface area contributed by atoms with Crippen molar-refractivity contribution in [2.75, 3.05) is 13.7 Å². The van der Waals surface area contributed by atoms with Crippen LogP contribution in [0.15, 0.2) is 53.2 Å². The molecule has 0 unspecified atom stereocenters. The predicted molar refractivity (Wildman–Crippen MR) is 103 cm³/mol. The van der Waals surface area contributed by atoms with E-state index in [0.29, 0.717) is 11.3 Å². The van der Waals surface area contributed by atoms with Gasteiger partial charge in [0.05, 0.1) is 22.6 Å². The molecule has 29 heavy (non-hydrogen) atoms. The molecule has 0 fully saturated rings. The fraction of sp³-hybridized carbons (Fsp3) is 0.105. The summed E-state index contributed by atoms with van der Waals surface area (Å²) < 4.78 is 14.9. The maximum Gasteiger partial charge on any atom is 0.363 e. The highest BCUT2D eigenvalue weighted by Gasteiger charge is 2.27. The van der Waals surface area contributed by atoms with Crippen molar-refractivity contribution in [1.29, 1.82) is 0 Å². The van der Waals surface area contributed by atoms with Gasteiger partial charge in [-0.25, -0.2) is 14.6 Å². The zero-order valence-electron chi connectivity index (χ0n) is 15.0. The fourth-order valence-electron chi connectivity index (χ4n) is 2.37. The second kappa shape index (κ2) is 8.53. The maximum atomic E-state index is 12.2. The van der Waals surface area contributed by atoms with E-state index in [1.54, 1.807) is 24.3 Å². The second-order valence-corrected chi connectivity index (χ2v) is 6.10. The van der Waals surface area contributed by atoms with Gasteiger partial charge in [0.1, 0.15) is 5.75 Å². The number of nitrogens with zero attached hydrogens (tertiary/aromatic N) is 2. The van der Waals surface area contributed by atoms with Crippen LogP contribution in [0.2, 0.25) is 5.02 Å². The molecule has 148 valence electrons. The normalized spacial score (nSPS) is 14.3. The van der Waals surface area contributed by atoms with Gasteiger partial charge in [-0.2, -0.15) is 0 Å². The van der Waals surface area contributed by atoms with E-state index < -0.39 is 16.9 Å². The molecule has 0 spiro atoms. The Labute approximate surface area is 169 Å². The number of rotatable bonds is 6. The molecule has 0 saturated carbocycles. The summed E-state index contributed by atoms with van der Waals surface area (Å²) in [5.41, 5.74) is 0.464. The van der Waals surface area contributed by atoms with Crippen molar-refractivity contribution >= 4 is 41.2 Å². The van der Waals surface area contributed by atoms with E-state index in [-0.39, 0.29) is 34.5 Å². The van der Waals surface area contributed by atoms with Gasteiger partial charge in [0.15, 0.2) is 12.3 Å². The van der Waals surface area contributed by atoms with E-state index in [2.05, 4.69) is 9.73 Å². The number of carbonyl (C=O) groups is 2. The van der Waals surface area contributed by atoms with Crippen LogP contribution < -0.4 is 4.74 Å². The summed E-state index contributed by atoms with van der Waals surface area (Å²) in [6.45, 7) is -0.258. The van der Waals surface area contributed by atoms with Crippen LogP contribution in [0.1, 0.15) is 11.1 Å². The van der Waals surface area contributed by atoms with Crippen molar-refractivity contribution in [1.82, 2.24) is 0 Å². The summed E-state index contributed by atoms with van der Waals surface area (Å²) in [6.07, 6.45) is 1.45. The first-order valence-electron chi connectivity index (χ1n) is 8.14. The number of benzene rings is 2. The third kappa shape index (κ3) is 4.77. The Morgan fingerprint density at radius 1 is 1.31 bits per heavy atom. The predicted octanol–water partition coefficient (Wildman–Crippen LogP) is 3.14. The van der Waals surface area contributed by atoms with Crippen LogP contribution >= 0.6 is 11.6 Å². The lowest BCUT2D eigenvalue weighted by Gasteiger charge is -2.05. The zero-order valence-corrected chi connectivity index (χ0v) is 15.7. The number of methoxy groups -OCH3 is 1. The summed E-state index contributed by atoms with van der Waals surface area (Å²) in [5.74, 6) is -1.00. The number of nitro groups is 1. The average Bonchev–Trinajstić information content (AvgIpc) is 3.06. The molecule has 2 aromatic carbocycles. The van der Waals surface area contributed by atoms with Gasteiger partial charge in [-0.1, -0.05) is 23.7 Å². The van der Waals surface area contributed by atoms with Crippen LogP contribution in [0.25, 0.3) is 6.08 Å². The molecule has 1 aliphatic rings. The molecule has 0 aliphatic carbocycles. The van der Waals surface area contributed by atoms with E-state index in [4.69, 9.17) is 21.1 Å². The molecule has 0 saturated heterocycles. The number of hydrogen-bond acceptors (Lipinski definition) is 8. The van der Waals surface area contributed by atoms with Crippen molar-refractivity contribution < 1.29 is 28.7 Å². The monoisotopic (exact) mass is 416 g/mol. The molecule has 0 N–H and O–H groups in total. The minimum absolute atomic E-state index is 0.0207. The molecule has 9 nitrogen and oxygen atoms in total. The Morgan fingerprint density at radius 2 is 2.10 bits per heavy atom. The molecule has 3 rings (SSSR count). The number of nitro benzene ring substituents is 1. The molecule has 1 aliphatic heterocycles. The largest absolute Gasteiger partial charge is 0.482 e. The number of non-ortho nitro benzene ring substituents is 1. The molecule has 0 radical (unpaired) electrons. The Kier molecular flexibility index (Phi) is 5.89. The third-order valence-corrected chi connectivity index (χ3v) is 4.09. The number of hydrogen-bond donors (Lipinski definition) is 0. The lowest BCUT2D eigenvalue weighted by molar-refractivity contribution is -0.384. The lowest BCUT2D eigenvalue weighted by atomic mass is 10.2. The van der Waals surface area contributed by atoms with Crippen molar-refractivity contribution in [3.8, 4) is 5.75 Å². The maximum absolute atomic E-state index is 12.2. The quantitative estimate of drug-likeness (QED) is 0.307. The third-order valence-electron chi connectivity index (χ3n) is 3.76. The summed E-state index contributed by atoms with van der Waals surface area (Å²) >= 11 is 6.06. The van der Waals surface area contributed by atoms with E-state index in [1.807, 2.05) is 0 Å². The summed E-state index contributed by atoms with van der Waals surface area (Å²) in [5, 5.41) is 11.1. The number of ether oxygens (including phenoxy) is 3. The molecule has 0 bridgehead atoms. The molecular weight excluding hydrogens is 404 g/mol. The molecule has 1 heterocycles. The first kappa shape index (κ1) is 20.0. The minimum Gasteiger partial charge on any atom is -0.482 e. The second-order valence-electron chi connectivity index (χ2n) is 5.69. The standard InChI is InChI=1S/C19H13ClN2O7/c1-27-17(23)10-28-13-4-2-3-11(7-13)8-16-19(24)29-18(21-16)14-9-12(22(25)26)5-6-15(14)20/h2-9H,10H2,1H3/b16-8-. The summed E-state index contributed by atoms with van der Waals surface area (Å²) in [4.78, 5) is 37.8. The van der Waals surface area contributed by atoms with E-state index in [9.17, 15) is 19.7 Å². The van der Waals surface area contributed by atoms with Gasteiger partial charge in [0, 0.05) is 12.1 Å². The SMILES string of the molecule is COC(=O)COc1cccc(/C=C2\N=C(c3cc([N+](=O)[O-])ccc3Cl)OC2=O)c1. The number of aliphatic imine (C=N–C) groups is 1. The molecule has 10 heteroatoms. The highest BCUT2D eigenvalue weighted by Crippen LogP contribution is 2.27. The molecule has 0 atom stereocenters. The summed E-state index contributed by atoms with van der Waals surface area (Å²) in [6, 6.07) is 10.3. The van der Waals surface area contributed by atoms with Crippen molar-refractivity contribution in [3.05, 3.63) is 74.4 Å². The van der Waals surface area contributed by atoms with Gasteiger partial charge in [0.25, 0.3) is 5.69 Å². The molecule has 0 amide bonds. The molecule has 0 aromatic heterocycles. The Morgan fingerprint density at radius 3 is 2.83 bits per heavy atom. The summed E-state index contributed by atoms with van der Waals surface area (Å²) in [7, 11) is 1.25. The van der Waals surface area contributed by atoms with Crippen LogP contribution in [0.3, 0.4) is 0 Å². The Balaban J connectivity index is 1.87. The smallest absolute Gasteiger partial charge is 0.363 e. The van der Waals surface area contributed by atoms with Gasteiger partial charge >= 0.3 is 11.9 Å². The average molecular weight is 417 g/mol. The first-order chi connectivity index (χ1) is 13.9. The number of cyclic esters (lactones) is 1. The van der Waals surface area contributed by atoms with E-state index >= 15 is 0 Å². The van der Waals surface area contributed by atoms with Crippen molar-refractivity contribution in [2.45, 2.75) is 0 Å². The lowest BCUT2D eigenvalue weighted by Crippen LogP contribution is -2.12. The first-order valence-corrected chi connectivity index (χ1v) is 8.51. The van der Waals surface area contributed by atoms with Crippen LogP contribution in [0, 0.1) is 10.1 Å². The zero-order chi connectivity index (χ0) is 21.0. The van der Waals surface area contributed by atoms with Crippen LogP contribution in [-0.2, 0) is 19.1 Å². The Bertz CT molecular complexity index is 1060.